The van der Waals surface area contributed by atoms with Crippen molar-refractivity contribution in [3.8, 4) is 22.8 Å². The van der Waals surface area contributed by atoms with Crippen LogP contribution in [0.1, 0.15) is 17.9 Å². The first-order valence-electron chi connectivity index (χ1n) is 8.73. The van der Waals surface area contributed by atoms with Gasteiger partial charge in [0.25, 0.3) is 0 Å². The first-order valence-corrected chi connectivity index (χ1v) is 9.90. The van der Waals surface area contributed by atoms with Gasteiger partial charge in [-0.15, -0.1) is 0 Å². The highest BCUT2D eigenvalue weighted by atomic mass is 79.9. The molecule has 0 bridgehead atoms. The minimum Gasteiger partial charge on any atom is -0.507 e. The summed E-state index contributed by atoms with van der Waals surface area (Å²) >= 11 is 9.52. The number of aromatic hydroxyl groups is 2. The van der Waals surface area contributed by atoms with E-state index in [9.17, 15) is 20.1 Å². The van der Waals surface area contributed by atoms with E-state index in [2.05, 4.69) is 21.2 Å². The Bertz CT molecular complexity index is 1130. The second-order valence-electron chi connectivity index (χ2n) is 6.77. The Kier molecular flexibility index (Phi) is 5.09. The van der Waals surface area contributed by atoms with Crippen LogP contribution in [-0.4, -0.2) is 34.5 Å². The van der Waals surface area contributed by atoms with E-state index in [-0.39, 0.29) is 46.8 Å². The van der Waals surface area contributed by atoms with E-state index in [4.69, 9.17) is 16.0 Å². The Morgan fingerprint density at radius 1 is 1.21 bits per heavy atom. The van der Waals surface area contributed by atoms with Crippen LogP contribution in [0.3, 0.4) is 0 Å². The third-order valence-electron chi connectivity index (χ3n) is 5.11. The molecule has 1 aliphatic heterocycles. The van der Waals surface area contributed by atoms with Crippen LogP contribution in [0.2, 0.25) is 5.02 Å². The number of aliphatic hydroxyl groups excluding tert-OH is 1. The van der Waals surface area contributed by atoms with Gasteiger partial charge in [0.05, 0.1) is 6.61 Å². The number of phenols is 2. The van der Waals surface area contributed by atoms with Crippen molar-refractivity contribution >= 4 is 38.5 Å². The van der Waals surface area contributed by atoms with Gasteiger partial charge in [-0.25, -0.2) is 0 Å². The van der Waals surface area contributed by atoms with Crippen LogP contribution in [0.5, 0.6) is 11.5 Å². The first-order chi connectivity index (χ1) is 13.4. The van der Waals surface area contributed by atoms with Crippen molar-refractivity contribution in [1.29, 1.82) is 0 Å². The molecule has 2 heterocycles. The molecular formula is C20H17BrClNO5. The van der Waals surface area contributed by atoms with E-state index in [0.717, 1.165) is 6.07 Å². The van der Waals surface area contributed by atoms with Gasteiger partial charge in [0, 0.05) is 44.7 Å². The largest absolute Gasteiger partial charge is 0.507 e. The molecule has 4 rings (SSSR count). The lowest BCUT2D eigenvalue weighted by atomic mass is 9.89. The molecule has 2 unspecified atom stereocenters. The number of hydrogen-bond acceptors (Lipinski definition) is 6. The van der Waals surface area contributed by atoms with E-state index in [1.165, 1.54) is 6.07 Å². The smallest absolute Gasteiger partial charge is 0.197 e. The molecule has 1 saturated heterocycles. The summed E-state index contributed by atoms with van der Waals surface area (Å²) in [5.74, 6) is -0.547. The maximum absolute atomic E-state index is 12.8. The molecule has 146 valence electrons. The van der Waals surface area contributed by atoms with Gasteiger partial charge in [-0.2, -0.15) is 0 Å². The van der Waals surface area contributed by atoms with Gasteiger partial charge in [0.15, 0.2) is 5.43 Å². The highest BCUT2D eigenvalue weighted by Gasteiger charge is 2.33. The van der Waals surface area contributed by atoms with Crippen LogP contribution < -0.4 is 10.7 Å². The summed E-state index contributed by atoms with van der Waals surface area (Å²) in [6.07, 6.45) is 0.646. The number of fused-ring (bicyclic) bond motifs is 1. The van der Waals surface area contributed by atoms with Crippen LogP contribution in [0.15, 0.2) is 44.0 Å². The molecule has 0 saturated carbocycles. The van der Waals surface area contributed by atoms with Crippen LogP contribution in [0, 0.1) is 0 Å². The summed E-state index contributed by atoms with van der Waals surface area (Å²) in [4.78, 5) is 12.8. The second kappa shape index (κ2) is 7.40. The molecule has 0 amide bonds. The summed E-state index contributed by atoms with van der Waals surface area (Å²) in [6.45, 7) is 0.526. The minimum atomic E-state index is -0.437. The molecular weight excluding hydrogens is 450 g/mol. The number of phenolic OH excluding ortho intramolecular Hbond substituents is 2. The molecule has 1 aromatic heterocycles. The number of aliphatic hydroxyl groups is 1. The molecule has 1 fully saturated rings. The van der Waals surface area contributed by atoms with Crippen LogP contribution in [-0.2, 0) is 0 Å². The molecule has 28 heavy (non-hydrogen) atoms. The lowest BCUT2D eigenvalue weighted by Gasteiger charge is -2.20. The van der Waals surface area contributed by atoms with Gasteiger partial charge in [0.2, 0.25) is 0 Å². The maximum Gasteiger partial charge on any atom is 0.197 e. The highest BCUT2D eigenvalue weighted by Crippen LogP contribution is 2.43. The molecule has 0 spiro atoms. The highest BCUT2D eigenvalue weighted by molar-refractivity contribution is 9.10. The van der Waals surface area contributed by atoms with Crippen molar-refractivity contribution < 1.29 is 19.7 Å². The summed E-state index contributed by atoms with van der Waals surface area (Å²) in [5.41, 5.74) is 0.643. The number of halogens is 2. The third kappa shape index (κ3) is 3.18. The van der Waals surface area contributed by atoms with Crippen LogP contribution in [0.4, 0.5) is 0 Å². The topological polar surface area (TPSA) is 103 Å². The van der Waals surface area contributed by atoms with Gasteiger partial charge >= 0.3 is 0 Å². The maximum atomic E-state index is 12.8. The molecule has 2 atom stereocenters. The van der Waals surface area contributed by atoms with E-state index < -0.39 is 5.43 Å². The molecule has 4 N–H and O–H groups in total. The van der Waals surface area contributed by atoms with E-state index in [1.54, 1.807) is 18.2 Å². The van der Waals surface area contributed by atoms with Crippen molar-refractivity contribution in [1.82, 2.24) is 5.32 Å². The fraction of sp³-hybridized carbons (Fsp3) is 0.250. The summed E-state index contributed by atoms with van der Waals surface area (Å²) in [5, 5.41) is 34.1. The van der Waals surface area contributed by atoms with Gasteiger partial charge in [-0.1, -0.05) is 27.5 Å². The molecule has 1 aliphatic rings. The first kappa shape index (κ1) is 19.3. The molecule has 6 nitrogen and oxygen atoms in total. The average molecular weight is 467 g/mol. The Balaban J connectivity index is 2.04. The number of hydrogen-bond donors (Lipinski definition) is 4. The Morgan fingerprint density at radius 2 is 2.00 bits per heavy atom. The number of nitrogens with one attached hydrogen (secondary N) is 1. The Hall–Kier alpha value is -2.06. The standard InChI is InChI=1S/C20H17BrClNO5/c21-12-2-1-9(22)5-11(12)17-7-16(27)19-15(26)6-14(25)18(20(19)28-17)10-3-4-23-13(10)8-24/h1-2,5-7,10,13,23-26H,3-4,8H2. The number of rotatable bonds is 3. The lowest BCUT2D eigenvalue weighted by Crippen LogP contribution is -2.29. The molecule has 2 aromatic carbocycles. The zero-order valence-electron chi connectivity index (χ0n) is 14.6. The fourth-order valence-electron chi connectivity index (χ4n) is 3.80. The second-order valence-corrected chi connectivity index (χ2v) is 8.06. The van der Waals surface area contributed by atoms with Crippen molar-refractivity contribution in [3.05, 3.63) is 55.6 Å². The van der Waals surface area contributed by atoms with Crippen molar-refractivity contribution in [2.75, 3.05) is 13.2 Å². The zero-order chi connectivity index (χ0) is 20.0. The normalized spacial score (nSPS) is 19.4. The lowest BCUT2D eigenvalue weighted by molar-refractivity contribution is 0.244. The average Bonchev–Trinajstić information content (AvgIpc) is 3.11. The van der Waals surface area contributed by atoms with Crippen molar-refractivity contribution in [3.63, 3.8) is 0 Å². The monoisotopic (exact) mass is 465 g/mol. The minimum absolute atomic E-state index is 0.00158. The molecule has 0 radical (unpaired) electrons. The fourth-order valence-corrected chi connectivity index (χ4v) is 4.42. The van der Waals surface area contributed by atoms with E-state index in [1.807, 2.05) is 0 Å². The van der Waals surface area contributed by atoms with E-state index >= 15 is 0 Å². The summed E-state index contributed by atoms with van der Waals surface area (Å²) in [7, 11) is 0. The van der Waals surface area contributed by atoms with Gasteiger partial charge in [-0.05, 0) is 31.2 Å². The van der Waals surface area contributed by atoms with Crippen LogP contribution >= 0.6 is 27.5 Å². The molecule has 8 heteroatoms. The predicted molar refractivity (Wildman–Crippen MR) is 110 cm³/mol. The van der Waals surface area contributed by atoms with Gasteiger partial charge in [-0.3, -0.25) is 4.79 Å². The molecule has 3 aromatic rings. The van der Waals surface area contributed by atoms with Gasteiger partial charge in [0.1, 0.15) is 28.2 Å². The predicted octanol–water partition coefficient (Wildman–Crippen LogP) is 3.72. The van der Waals surface area contributed by atoms with Gasteiger partial charge < -0.3 is 25.1 Å². The van der Waals surface area contributed by atoms with E-state index in [0.29, 0.717) is 33.6 Å². The molecule has 0 aliphatic carbocycles. The zero-order valence-corrected chi connectivity index (χ0v) is 16.9. The quantitative estimate of drug-likeness (QED) is 0.469. The Morgan fingerprint density at radius 3 is 2.75 bits per heavy atom. The number of benzene rings is 2. The summed E-state index contributed by atoms with van der Waals surface area (Å²) < 4.78 is 6.73. The van der Waals surface area contributed by atoms with Crippen LogP contribution in [0.25, 0.3) is 22.3 Å². The van der Waals surface area contributed by atoms with Crippen molar-refractivity contribution in [2.24, 2.45) is 0 Å². The summed E-state index contributed by atoms with van der Waals surface area (Å²) in [6, 6.07) is 7.25. The van der Waals surface area contributed by atoms with Crippen molar-refractivity contribution in [2.45, 2.75) is 18.4 Å². The Labute approximate surface area is 173 Å². The SMILES string of the molecule is O=c1cc(-c2cc(Cl)ccc2Br)oc2c(C3CCNC3CO)c(O)cc(O)c12. The third-order valence-corrected chi connectivity index (χ3v) is 6.03.